The van der Waals surface area contributed by atoms with Crippen LogP contribution < -0.4 is 9.47 Å². The van der Waals surface area contributed by atoms with E-state index in [9.17, 15) is 10.2 Å². The van der Waals surface area contributed by atoms with Gasteiger partial charge in [0.25, 0.3) is 0 Å². The number of likely N-dealkylation sites (tertiary alicyclic amines) is 2. The number of ether oxygens (including phenoxy) is 2. The molecule has 2 saturated heterocycles. The number of rotatable bonds is 11. The Kier molecular flexibility index (Phi) is 9.22. The van der Waals surface area contributed by atoms with Crippen molar-refractivity contribution in [2.45, 2.75) is 26.9 Å². The molecule has 46 heavy (non-hydrogen) atoms. The molecule has 10 nitrogen and oxygen atoms in total. The molecule has 0 radical (unpaired) electrons. The van der Waals surface area contributed by atoms with Gasteiger partial charge in [-0.15, -0.1) is 0 Å². The van der Waals surface area contributed by atoms with E-state index in [4.69, 9.17) is 42.6 Å². The first-order valence-corrected chi connectivity index (χ1v) is 15.9. The predicted octanol–water partition coefficient (Wildman–Crippen LogP) is 5.22. The SMILES string of the molecule is COc1nc(-c2cccc(-c3cccc(-c4cnc(CN5CC(C)(CO)C5)c(OC)n4)c3Cl)c2Cl)cnc1CN1CC(C)(CO)C1. The minimum atomic E-state index is -0.0760. The van der Waals surface area contributed by atoms with Crippen molar-refractivity contribution in [1.29, 1.82) is 0 Å². The smallest absolute Gasteiger partial charge is 0.237 e. The molecule has 0 unspecified atom stereocenters. The van der Waals surface area contributed by atoms with Gasteiger partial charge in [0.05, 0.1) is 61.3 Å². The van der Waals surface area contributed by atoms with Gasteiger partial charge < -0.3 is 19.7 Å². The van der Waals surface area contributed by atoms with Crippen LogP contribution in [0.2, 0.25) is 10.0 Å². The summed E-state index contributed by atoms with van der Waals surface area (Å²) in [4.78, 5) is 23.3. The topological polar surface area (TPSA) is 117 Å². The van der Waals surface area contributed by atoms with E-state index >= 15 is 0 Å². The molecule has 2 aromatic carbocycles. The summed E-state index contributed by atoms with van der Waals surface area (Å²) < 4.78 is 11.2. The van der Waals surface area contributed by atoms with Crippen molar-refractivity contribution in [3.8, 4) is 45.4 Å². The van der Waals surface area contributed by atoms with Gasteiger partial charge >= 0.3 is 0 Å². The number of hydrogen-bond acceptors (Lipinski definition) is 10. The molecule has 2 N–H and O–H groups in total. The second kappa shape index (κ2) is 13.0. The Labute approximate surface area is 279 Å². The second-order valence-corrected chi connectivity index (χ2v) is 13.7. The van der Waals surface area contributed by atoms with Gasteiger partial charge in [-0.2, -0.15) is 0 Å². The van der Waals surface area contributed by atoms with Crippen LogP contribution in [0.15, 0.2) is 48.8 Å². The number of aliphatic hydroxyl groups is 2. The van der Waals surface area contributed by atoms with Gasteiger partial charge in [0.2, 0.25) is 11.8 Å². The third kappa shape index (κ3) is 6.30. The molecular weight excluding hydrogens is 627 g/mol. The van der Waals surface area contributed by atoms with Crippen molar-refractivity contribution in [2.75, 3.05) is 53.6 Å². The fraction of sp³-hybridized carbons (Fsp3) is 0.412. The zero-order chi connectivity index (χ0) is 32.6. The first-order chi connectivity index (χ1) is 22.1. The largest absolute Gasteiger partial charge is 0.480 e. The summed E-state index contributed by atoms with van der Waals surface area (Å²) in [7, 11) is 3.16. The van der Waals surface area contributed by atoms with Crippen LogP contribution in [0.25, 0.3) is 33.6 Å². The molecule has 2 aliphatic rings. The third-order valence-electron chi connectivity index (χ3n) is 8.78. The van der Waals surface area contributed by atoms with E-state index in [1.165, 1.54) is 0 Å². The summed E-state index contributed by atoms with van der Waals surface area (Å²) >= 11 is 14.1. The highest BCUT2D eigenvalue weighted by Gasteiger charge is 2.39. The molecular formula is C34H38Cl2N6O4. The summed E-state index contributed by atoms with van der Waals surface area (Å²) in [5, 5.41) is 20.1. The molecule has 6 rings (SSSR count). The lowest BCUT2D eigenvalue weighted by molar-refractivity contribution is -0.0329. The van der Waals surface area contributed by atoms with Crippen LogP contribution in [-0.4, -0.2) is 93.6 Å². The highest BCUT2D eigenvalue weighted by Crippen LogP contribution is 2.42. The molecule has 2 fully saturated rings. The molecule has 0 spiro atoms. The van der Waals surface area contributed by atoms with Gasteiger partial charge in [0.15, 0.2) is 0 Å². The Bertz CT molecular complexity index is 1620. The maximum Gasteiger partial charge on any atom is 0.237 e. The summed E-state index contributed by atoms with van der Waals surface area (Å²) in [6.07, 6.45) is 3.42. The van der Waals surface area contributed by atoms with Crippen LogP contribution >= 0.6 is 23.2 Å². The summed E-state index contributed by atoms with van der Waals surface area (Å²) in [6, 6.07) is 11.4. The first-order valence-electron chi connectivity index (χ1n) is 15.1. The minimum Gasteiger partial charge on any atom is -0.480 e. The van der Waals surface area contributed by atoms with Gasteiger partial charge in [-0.05, 0) is 0 Å². The van der Waals surface area contributed by atoms with E-state index in [0.29, 0.717) is 57.4 Å². The summed E-state index contributed by atoms with van der Waals surface area (Å²) in [5.41, 5.74) is 5.33. The first kappa shape index (κ1) is 32.6. The molecule has 0 aliphatic carbocycles. The Hall–Kier alpha value is -3.38. The molecule has 0 saturated carbocycles. The average Bonchev–Trinajstić information content (AvgIpc) is 3.04. The fourth-order valence-electron chi connectivity index (χ4n) is 6.39. The molecule has 0 amide bonds. The number of hydrogen-bond donors (Lipinski definition) is 2. The highest BCUT2D eigenvalue weighted by atomic mass is 35.5. The monoisotopic (exact) mass is 664 g/mol. The zero-order valence-corrected chi connectivity index (χ0v) is 27.9. The Morgan fingerprint density at radius 3 is 1.39 bits per heavy atom. The molecule has 0 atom stereocenters. The molecule has 12 heteroatoms. The Balaban J connectivity index is 1.26. The molecule has 4 heterocycles. The van der Waals surface area contributed by atoms with Crippen LogP contribution in [0.4, 0.5) is 0 Å². The highest BCUT2D eigenvalue weighted by molar-refractivity contribution is 6.39. The standard InChI is InChI=1S/C34H38Cl2N6O4/c1-33(19-43)15-41(16-33)13-27-31(45-3)39-25(11-37-27)23-9-5-7-21(29(23)35)22-8-6-10-24(30(22)36)26-12-38-28(32(40-26)46-4)14-42-17-34(2,18-42)20-44/h5-12,43-44H,13-20H2,1-4H3. The lowest BCUT2D eigenvalue weighted by Crippen LogP contribution is -2.55. The molecule has 0 bridgehead atoms. The van der Waals surface area contributed by atoms with E-state index in [1.54, 1.807) is 26.6 Å². The van der Waals surface area contributed by atoms with Crippen molar-refractivity contribution in [2.24, 2.45) is 10.8 Å². The zero-order valence-electron chi connectivity index (χ0n) is 26.4. The van der Waals surface area contributed by atoms with Gasteiger partial charge in [0.1, 0.15) is 11.4 Å². The molecule has 2 aliphatic heterocycles. The number of aliphatic hydroxyl groups excluding tert-OH is 2. The maximum atomic E-state index is 9.58. The van der Waals surface area contributed by atoms with E-state index < -0.39 is 0 Å². The second-order valence-electron chi connectivity index (χ2n) is 13.0. The number of benzene rings is 2. The van der Waals surface area contributed by atoms with Crippen LogP contribution in [0.3, 0.4) is 0 Å². The minimum absolute atomic E-state index is 0.0760. The quantitative estimate of drug-likeness (QED) is 0.221. The normalized spacial score (nSPS) is 17.3. The molecule has 242 valence electrons. The van der Waals surface area contributed by atoms with Crippen LogP contribution in [0.1, 0.15) is 25.2 Å². The Morgan fingerprint density at radius 2 is 1.04 bits per heavy atom. The van der Waals surface area contributed by atoms with Gasteiger partial charge in [-0.25, -0.2) is 9.97 Å². The number of nitrogens with zero attached hydrogens (tertiary/aromatic N) is 6. The van der Waals surface area contributed by atoms with Gasteiger partial charge in [0, 0.05) is 72.4 Å². The third-order valence-corrected chi connectivity index (χ3v) is 9.60. The van der Waals surface area contributed by atoms with Crippen LogP contribution in [-0.2, 0) is 13.1 Å². The van der Waals surface area contributed by atoms with E-state index in [2.05, 4.69) is 33.6 Å². The fourth-order valence-corrected chi connectivity index (χ4v) is 7.04. The average molecular weight is 666 g/mol. The Morgan fingerprint density at radius 1 is 0.674 bits per heavy atom. The van der Waals surface area contributed by atoms with Crippen molar-refractivity contribution in [1.82, 2.24) is 29.7 Å². The molecule has 2 aromatic heterocycles. The van der Waals surface area contributed by atoms with E-state index in [0.717, 1.165) is 48.7 Å². The predicted molar refractivity (Wildman–Crippen MR) is 178 cm³/mol. The lowest BCUT2D eigenvalue weighted by atomic mass is 9.83. The van der Waals surface area contributed by atoms with Crippen molar-refractivity contribution < 1.29 is 19.7 Å². The van der Waals surface area contributed by atoms with Crippen LogP contribution in [0, 0.1) is 10.8 Å². The van der Waals surface area contributed by atoms with Crippen molar-refractivity contribution in [3.05, 3.63) is 70.2 Å². The van der Waals surface area contributed by atoms with Gasteiger partial charge in [-0.1, -0.05) is 73.4 Å². The van der Waals surface area contributed by atoms with Crippen molar-refractivity contribution >= 4 is 23.2 Å². The number of halogens is 2. The number of aromatic nitrogens is 4. The van der Waals surface area contributed by atoms with E-state index in [1.807, 2.05) is 36.4 Å². The van der Waals surface area contributed by atoms with Gasteiger partial charge in [-0.3, -0.25) is 19.8 Å². The summed E-state index contributed by atoms with van der Waals surface area (Å²) in [5.74, 6) is 0.869. The number of methoxy groups -OCH3 is 2. The van der Waals surface area contributed by atoms with E-state index in [-0.39, 0.29) is 24.0 Å². The molecule has 4 aromatic rings. The van der Waals surface area contributed by atoms with Crippen LogP contribution in [0.5, 0.6) is 11.8 Å². The maximum absolute atomic E-state index is 9.58. The van der Waals surface area contributed by atoms with Crippen molar-refractivity contribution in [3.63, 3.8) is 0 Å². The lowest BCUT2D eigenvalue weighted by Gasteiger charge is -2.46. The summed E-state index contributed by atoms with van der Waals surface area (Å²) in [6.45, 7) is 8.76.